The van der Waals surface area contributed by atoms with Crippen LogP contribution in [0.15, 0.2) is 30.9 Å². The van der Waals surface area contributed by atoms with Gasteiger partial charge in [-0.25, -0.2) is 0 Å². The van der Waals surface area contributed by atoms with E-state index in [0.29, 0.717) is 5.92 Å². The highest BCUT2D eigenvalue weighted by molar-refractivity contribution is 5.65. The average molecular weight is 186 g/mol. The molecule has 0 aliphatic rings. The molecule has 0 spiro atoms. The lowest BCUT2D eigenvalue weighted by atomic mass is 9.97. The largest absolute Gasteiger partial charge is 0.0984 e. The lowest BCUT2D eigenvalue weighted by Crippen LogP contribution is -1.89. The molecule has 0 fully saturated rings. The summed E-state index contributed by atoms with van der Waals surface area (Å²) in [7, 11) is 0. The van der Waals surface area contributed by atoms with Crippen molar-refractivity contribution in [2.24, 2.45) is 0 Å². The summed E-state index contributed by atoms with van der Waals surface area (Å²) >= 11 is 0. The Labute approximate surface area is 87.0 Å². The minimum absolute atomic E-state index is 0.581. The van der Waals surface area contributed by atoms with Crippen LogP contribution in [0.5, 0.6) is 0 Å². The molecule has 0 saturated carbocycles. The lowest BCUT2D eigenvalue weighted by molar-refractivity contribution is 0.866. The number of benzene rings is 1. The molecule has 0 saturated heterocycles. The zero-order chi connectivity index (χ0) is 10.6. The van der Waals surface area contributed by atoms with Gasteiger partial charge in [0, 0.05) is 0 Å². The van der Waals surface area contributed by atoms with Crippen LogP contribution in [0, 0.1) is 0 Å². The highest BCUT2D eigenvalue weighted by Crippen LogP contribution is 2.20. The van der Waals surface area contributed by atoms with E-state index in [2.05, 4.69) is 50.8 Å². The maximum atomic E-state index is 3.81. The van der Waals surface area contributed by atoms with Crippen LogP contribution < -0.4 is 0 Å². The molecule has 0 bridgehead atoms. The highest BCUT2D eigenvalue weighted by atomic mass is 14.1. The molecule has 0 aromatic heterocycles. The first-order chi connectivity index (χ1) is 6.69. The summed E-state index contributed by atoms with van der Waals surface area (Å²) in [6, 6.07) is 6.55. The van der Waals surface area contributed by atoms with Crippen LogP contribution in [0.25, 0.3) is 12.2 Å². The number of hydrogen-bond acceptors (Lipinski definition) is 0. The number of rotatable bonds is 3. The normalized spacial score (nSPS) is 11.1. The molecule has 0 radical (unpaired) electrons. The van der Waals surface area contributed by atoms with Gasteiger partial charge in [-0.05, 0) is 29.5 Å². The maximum absolute atomic E-state index is 3.81. The molecule has 0 aliphatic heterocycles. The van der Waals surface area contributed by atoms with E-state index >= 15 is 0 Å². The summed E-state index contributed by atoms with van der Waals surface area (Å²) in [6.07, 6.45) is 6.09. The van der Waals surface area contributed by atoms with E-state index in [-0.39, 0.29) is 0 Å². The molecule has 0 aliphatic carbocycles. The molecule has 1 aromatic rings. The fourth-order valence-corrected chi connectivity index (χ4v) is 1.46. The Morgan fingerprint density at radius 3 is 2.43 bits per heavy atom. The third-order valence-corrected chi connectivity index (χ3v) is 2.34. The summed E-state index contributed by atoms with van der Waals surface area (Å²) < 4.78 is 0. The van der Waals surface area contributed by atoms with E-state index in [9.17, 15) is 0 Å². The third-order valence-electron chi connectivity index (χ3n) is 2.34. The molecular formula is C14H18. The lowest BCUT2D eigenvalue weighted by Gasteiger charge is -2.08. The van der Waals surface area contributed by atoms with Gasteiger partial charge in [0.2, 0.25) is 0 Å². The predicted octanol–water partition coefficient (Wildman–Crippen LogP) is 4.49. The molecule has 0 heterocycles. The summed E-state index contributed by atoms with van der Waals surface area (Å²) in [5.74, 6) is 0.581. The Morgan fingerprint density at radius 2 is 1.93 bits per heavy atom. The topological polar surface area (TPSA) is 0 Å². The second kappa shape index (κ2) is 4.80. The van der Waals surface area contributed by atoms with E-state index in [0.717, 1.165) is 0 Å². The maximum Gasteiger partial charge on any atom is -0.0185 e. The van der Waals surface area contributed by atoms with Crippen molar-refractivity contribution in [3.05, 3.63) is 47.5 Å². The zero-order valence-electron chi connectivity index (χ0n) is 9.25. The van der Waals surface area contributed by atoms with Crippen molar-refractivity contribution in [3.63, 3.8) is 0 Å². The van der Waals surface area contributed by atoms with Crippen LogP contribution in [0.3, 0.4) is 0 Å². The molecule has 0 unspecified atom stereocenters. The van der Waals surface area contributed by atoms with Crippen molar-refractivity contribution in [1.82, 2.24) is 0 Å². The Kier molecular flexibility index (Phi) is 3.70. The minimum Gasteiger partial charge on any atom is -0.0984 e. The van der Waals surface area contributed by atoms with E-state index < -0.39 is 0 Å². The summed E-state index contributed by atoms with van der Waals surface area (Å²) in [5.41, 5.74) is 3.84. The van der Waals surface area contributed by atoms with Crippen LogP contribution in [-0.4, -0.2) is 0 Å². The van der Waals surface area contributed by atoms with Gasteiger partial charge in [-0.2, -0.15) is 0 Å². The van der Waals surface area contributed by atoms with Crippen LogP contribution in [-0.2, 0) is 0 Å². The SMILES string of the molecule is C=Cc1ccc(C(C)C)cc1/C=C\C. The van der Waals surface area contributed by atoms with Gasteiger partial charge in [0.15, 0.2) is 0 Å². The van der Waals surface area contributed by atoms with Crippen molar-refractivity contribution in [1.29, 1.82) is 0 Å². The van der Waals surface area contributed by atoms with Gasteiger partial charge in [0.25, 0.3) is 0 Å². The van der Waals surface area contributed by atoms with E-state index in [1.807, 2.05) is 13.0 Å². The van der Waals surface area contributed by atoms with Gasteiger partial charge in [-0.3, -0.25) is 0 Å². The van der Waals surface area contributed by atoms with Gasteiger partial charge < -0.3 is 0 Å². The fourth-order valence-electron chi connectivity index (χ4n) is 1.46. The summed E-state index contributed by atoms with van der Waals surface area (Å²) in [4.78, 5) is 0. The Balaban J connectivity index is 3.20. The molecule has 1 rings (SSSR count). The quantitative estimate of drug-likeness (QED) is 0.652. The third kappa shape index (κ3) is 2.35. The summed E-state index contributed by atoms with van der Waals surface area (Å²) in [6.45, 7) is 10.3. The van der Waals surface area contributed by atoms with Gasteiger partial charge in [-0.15, -0.1) is 0 Å². The molecule has 0 amide bonds. The van der Waals surface area contributed by atoms with E-state index in [1.54, 1.807) is 0 Å². The molecule has 14 heavy (non-hydrogen) atoms. The fraction of sp³-hybridized carbons (Fsp3) is 0.286. The van der Waals surface area contributed by atoms with E-state index in [4.69, 9.17) is 0 Å². The van der Waals surface area contributed by atoms with Crippen molar-refractivity contribution in [3.8, 4) is 0 Å². The van der Waals surface area contributed by atoms with Gasteiger partial charge in [0.1, 0.15) is 0 Å². The Bertz CT molecular complexity index is 343. The van der Waals surface area contributed by atoms with Gasteiger partial charge in [-0.1, -0.05) is 56.9 Å². The second-order valence-corrected chi connectivity index (χ2v) is 3.75. The van der Waals surface area contributed by atoms with E-state index in [1.165, 1.54) is 16.7 Å². The molecule has 0 N–H and O–H groups in total. The van der Waals surface area contributed by atoms with Crippen LogP contribution >= 0.6 is 0 Å². The molecular weight excluding hydrogens is 168 g/mol. The first-order valence-electron chi connectivity index (χ1n) is 5.08. The average Bonchev–Trinajstić information content (AvgIpc) is 2.18. The van der Waals surface area contributed by atoms with Gasteiger partial charge in [0.05, 0.1) is 0 Å². The van der Waals surface area contributed by atoms with Crippen molar-refractivity contribution in [2.45, 2.75) is 26.7 Å². The van der Waals surface area contributed by atoms with Crippen molar-refractivity contribution in [2.75, 3.05) is 0 Å². The standard InChI is InChI=1S/C14H18/c1-5-7-14-10-13(11(3)4)9-8-12(14)6-2/h5-11H,2H2,1,3-4H3/b7-5-. The summed E-state index contributed by atoms with van der Waals surface area (Å²) in [5, 5.41) is 0. The number of hydrogen-bond donors (Lipinski definition) is 0. The monoisotopic (exact) mass is 186 g/mol. The Hall–Kier alpha value is -1.30. The predicted molar refractivity (Wildman–Crippen MR) is 65.3 cm³/mol. The van der Waals surface area contributed by atoms with Gasteiger partial charge >= 0.3 is 0 Å². The molecule has 1 aromatic carbocycles. The second-order valence-electron chi connectivity index (χ2n) is 3.75. The van der Waals surface area contributed by atoms with Crippen molar-refractivity contribution < 1.29 is 0 Å². The number of allylic oxidation sites excluding steroid dienone is 1. The van der Waals surface area contributed by atoms with Crippen LogP contribution in [0.2, 0.25) is 0 Å². The molecule has 0 nitrogen and oxygen atoms in total. The smallest absolute Gasteiger partial charge is 0.0185 e. The minimum atomic E-state index is 0.581. The van der Waals surface area contributed by atoms with Crippen LogP contribution in [0.4, 0.5) is 0 Å². The Morgan fingerprint density at radius 1 is 1.21 bits per heavy atom. The highest BCUT2D eigenvalue weighted by Gasteiger charge is 2.01. The molecule has 0 heteroatoms. The molecule has 0 atom stereocenters. The van der Waals surface area contributed by atoms with Crippen LogP contribution in [0.1, 0.15) is 43.4 Å². The first-order valence-corrected chi connectivity index (χ1v) is 5.08. The zero-order valence-corrected chi connectivity index (χ0v) is 9.25. The molecule has 74 valence electrons. The van der Waals surface area contributed by atoms with Crippen molar-refractivity contribution >= 4 is 12.2 Å². The first kappa shape index (κ1) is 10.8.